The zero-order chi connectivity index (χ0) is 17.4. The Balaban J connectivity index is 1.66. The number of carbonyl (C=O) groups excluding carboxylic acids is 2. The van der Waals surface area contributed by atoms with E-state index >= 15 is 0 Å². The lowest BCUT2D eigenvalue weighted by Crippen LogP contribution is -2.39. The molecule has 24 heavy (non-hydrogen) atoms. The van der Waals surface area contributed by atoms with Crippen LogP contribution >= 0.6 is 11.6 Å². The SMILES string of the molecule is CCOC(=O)CCC(=O)NC1CCC(Oc2ncc(Cl)cn2)CC1. The highest BCUT2D eigenvalue weighted by Gasteiger charge is 2.24. The summed E-state index contributed by atoms with van der Waals surface area (Å²) in [6, 6.07) is 0.437. The molecule has 0 spiro atoms. The molecule has 1 N–H and O–H groups in total. The van der Waals surface area contributed by atoms with Crippen molar-refractivity contribution < 1.29 is 19.1 Å². The molecule has 0 saturated heterocycles. The van der Waals surface area contributed by atoms with Gasteiger partial charge in [0, 0.05) is 12.5 Å². The van der Waals surface area contributed by atoms with Crippen LogP contribution in [0.2, 0.25) is 5.02 Å². The molecule has 1 aliphatic carbocycles. The lowest BCUT2D eigenvalue weighted by Gasteiger charge is -2.28. The maximum Gasteiger partial charge on any atom is 0.316 e. The number of hydrogen-bond acceptors (Lipinski definition) is 6. The van der Waals surface area contributed by atoms with Gasteiger partial charge in [0.25, 0.3) is 0 Å². The average molecular weight is 356 g/mol. The third-order valence-electron chi connectivity index (χ3n) is 3.77. The van der Waals surface area contributed by atoms with Gasteiger partial charge < -0.3 is 14.8 Å². The summed E-state index contributed by atoms with van der Waals surface area (Å²) in [5.74, 6) is -0.457. The summed E-state index contributed by atoms with van der Waals surface area (Å²) >= 11 is 5.74. The van der Waals surface area contributed by atoms with Gasteiger partial charge in [-0.05, 0) is 32.6 Å². The normalized spacial score (nSPS) is 20.2. The molecule has 0 unspecified atom stereocenters. The van der Waals surface area contributed by atoms with E-state index in [1.165, 1.54) is 12.4 Å². The van der Waals surface area contributed by atoms with E-state index < -0.39 is 0 Å². The fourth-order valence-electron chi connectivity index (χ4n) is 2.58. The van der Waals surface area contributed by atoms with Crippen LogP contribution in [-0.2, 0) is 14.3 Å². The molecule has 0 aromatic carbocycles. The second-order valence-corrected chi connectivity index (χ2v) is 6.08. The van der Waals surface area contributed by atoms with Crippen molar-refractivity contribution in [3.05, 3.63) is 17.4 Å². The number of nitrogens with zero attached hydrogens (tertiary/aromatic N) is 2. The Morgan fingerprint density at radius 1 is 1.21 bits per heavy atom. The molecule has 132 valence electrons. The van der Waals surface area contributed by atoms with Gasteiger partial charge in [0.15, 0.2) is 0 Å². The molecule has 0 bridgehead atoms. The van der Waals surface area contributed by atoms with Crippen LogP contribution in [0.25, 0.3) is 0 Å². The molecule has 1 aromatic rings. The van der Waals surface area contributed by atoms with Crippen molar-refractivity contribution >= 4 is 23.5 Å². The minimum Gasteiger partial charge on any atom is -0.466 e. The van der Waals surface area contributed by atoms with E-state index in [2.05, 4.69) is 15.3 Å². The molecule has 1 amide bonds. The average Bonchev–Trinajstić information content (AvgIpc) is 2.57. The number of carbonyl (C=O) groups is 2. The van der Waals surface area contributed by atoms with Gasteiger partial charge in [-0.2, -0.15) is 0 Å². The molecule has 1 saturated carbocycles. The van der Waals surface area contributed by atoms with Crippen molar-refractivity contribution in [3.8, 4) is 6.01 Å². The number of ether oxygens (including phenoxy) is 2. The third kappa shape index (κ3) is 6.31. The highest BCUT2D eigenvalue weighted by Crippen LogP contribution is 2.22. The van der Waals surface area contributed by atoms with E-state index in [9.17, 15) is 9.59 Å². The first kappa shape index (κ1) is 18.4. The number of aromatic nitrogens is 2. The molecule has 1 aromatic heterocycles. The van der Waals surface area contributed by atoms with Gasteiger partial charge in [-0.25, -0.2) is 9.97 Å². The third-order valence-corrected chi connectivity index (χ3v) is 3.96. The van der Waals surface area contributed by atoms with E-state index in [-0.39, 0.29) is 36.9 Å². The number of halogens is 1. The van der Waals surface area contributed by atoms with Crippen LogP contribution in [-0.4, -0.2) is 40.6 Å². The highest BCUT2D eigenvalue weighted by molar-refractivity contribution is 6.30. The number of nitrogens with one attached hydrogen (secondary N) is 1. The Labute approximate surface area is 146 Å². The van der Waals surface area contributed by atoms with Gasteiger partial charge >= 0.3 is 12.0 Å². The van der Waals surface area contributed by atoms with E-state index in [4.69, 9.17) is 21.1 Å². The first-order chi connectivity index (χ1) is 11.6. The van der Waals surface area contributed by atoms with Crippen LogP contribution < -0.4 is 10.1 Å². The molecule has 0 atom stereocenters. The maximum absolute atomic E-state index is 11.8. The zero-order valence-electron chi connectivity index (χ0n) is 13.7. The van der Waals surface area contributed by atoms with Crippen LogP contribution in [0.3, 0.4) is 0 Å². The van der Waals surface area contributed by atoms with Gasteiger partial charge in [0.05, 0.1) is 30.4 Å². The van der Waals surface area contributed by atoms with E-state index in [1.54, 1.807) is 6.92 Å². The topological polar surface area (TPSA) is 90.4 Å². The van der Waals surface area contributed by atoms with Crippen molar-refractivity contribution in [1.82, 2.24) is 15.3 Å². The van der Waals surface area contributed by atoms with Gasteiger partial charge in [-0.15, -0.1) is 0 Å². The molecule has 7 nitrogen and oxygen atoms in total. The number of esters is 1. The monoisotopic (exact) mass is 355 g/mol. The van der Waals surface area contributed by atoms with Gasteiger partial charge in [0.1, 0.15) is 6.10 Å². The van der Waals surface area contributed by atoms with Crippen LogP contribution in [0, 0.1) is 0 Å². The molecular formula is C16H22ClN3O4. The molecule has 0 radical (unpaired) electrons. The largest absolute Gasteiger partial charge is 0.466 e. The van der Waals surface area contributed by atoms with E-state index in [0.29, 0.717) is 17.6 Å². The van der Waals surface area contributed by atoms with Gasteiger partial charge in [-0.1, -0.05) is 11.6 Å². The Bertz CT molecular complexity index is 545. The summed E-state index contributed by atoms with van der Waals surface area (Å²) in [5.41, 5.74) is 0. The Morgan fingerprint density at radius 3 is 2.50 bits per heavy atom. The highest BCUT2D eigenvalue weighted by atomic mass is 35.5. The van der Waals surface area contributed by atoms with Crippen molar-refractivity contribution in [2.75, 3.05) is 6.61 Å². The molecule has 2 rings (SSSR count). The van der Waals surface area contributed by atoms with Crippen molar-refractivity contribution in [2.24, 2.45) is 0 Å². The summed E-state index contributed by atoms with van der Waals surface area (Å²) in [6.07, 6.45) is 6.59. The zero-order valence-corrected chi connectivity index (χ0v) is 14.4. The molecule has 0 aliphatic heterocycles. The maximum atomic E-state index is 11.8. The van der Waals surface area contributed by atoms with Crippen molar-refractivity contribution in [2.45, 2.75) is 57.6 Å². The summed E-state index contributed by atoms with van der Waals surface area (Å²) in [4.78, 5) is 31.1. The lowest BCUT2D eigenvalue weighted by molar-refractivity contribution is -0.144. The van der Waals surface area contributed by atoms with Crippen LogP contribution in [0.5, 0.6) is 6.01 Å². The second kappa shape index (κ2) is 9.42. The quantitative estimate of drug-likeness (QED) is 0.754. The molecule has 1 heterocycles. The summed E-state index contributed by atoms with van der Waals surface area (Å²) in [5, 5.41) is 3.43. The number of hydrogen-bond donors (Lipinski definition) is 1. The standard InChI is InChI=1S/C16H22ClN3O4/c1-2-23-15(22)8-7-14(21)20-12-3-5-13(6-4-12)24-16-18-9-11(17)10-19-16/h9-10,12-13H,2-8H2,1H3,(H,20,21). The van der Waals surface area contributed by atoms with Crippen molar-refractivity contribution in [3.63, 3.8) is 0 Å². The van der Waals surface area contributed by atoms with Crippen LogP contribution in [0.4, 0.5) is 0 Å². The Morgan fingerprint density at radius 2 is 1.88 bits per heavy atom. The minimum absolute atomic E-state index is 0.0406. The van der Waals surface area contributed by atoms with Gasteiger partial charge in [0.2, 0.25) is 5.91 Å². The molecule has 1 aliphatic rings. The summed E-state index contributed by atoms with van der Waals surface area (Å²) in [7, 11) is 0. The van der Waals surface area contributed by atoms with Crippen LogP contribution in [0.15, 0.2) is 12.4 Å². The predicted molar refractivity (Wildman–Crippen MR) is 87.7 cm³/mol. The number of amides is 1. The van der Waals surface area contributed by atoms with Crippen LogP contribution in [0.1, 0.15) is 45.4 Å². The first-order valence-corrected chi connectivity index (χ1v) is 8.53. The van der Waals surface area contributed by atoms with E-state index in [1.807, 2.05) is 0 Å². The Kier molecular flexibility index (Phi) is 7.24. The predicted octanol–water partition coefficient (Wildman–Crippen LogP) is 2.28. The molecule has 1 fully saturated rings. The summed E-state index contributed by atoms with van der Waals surface area (Å²) < 4.78 is 10.5. The van der Waals surface area contributed by atoms with Crippen molar-refractivity contribution in [1.29, 1.82) is 0 Å². The molecule has 8 heteroatoms. The summed E-state index contributed by atoms with van der Waals surface area (Å²) in [6.45, 7) is 2.08. The second-order valence-electron chi connectivity index (χ2n) is 5.65. The van der Waals surface area contributed by atoms with Gasteiger partial charge in [-0.3, -0.25) is 9.59 Å². The number of rotatable bonds is 7. The lowest BCUT2D eigenvalue weighted by atomic mass is 9.93. The minimum atomic E-state index is -0.340. The fourth-order valence-corrected chi connectivity index (χ4v) is 2.68. The smallest absolute Gasteiger partial charge is 0.316 e. The Hall–Kier alpha value is -1.89. The van der Waals surface area contributed by atoms with E-state index in [0.717, 1.165) is 25.7 Å². The first-order valence-electron chi connectivity index (χ1n) is 8.16. The fraction of sp³-hybridized carbons (Fsp3) is 0.625. The molecular weight excluding hydrogens is 334 g/mol.